The molecule has 0 spiro atoms. The molecule has 0 bridgehead atoms. The van der Waals surface area contributed by atoms with Gasteiger partial charge in [-0.15, -0.1) is 0 Å². The first kappa shape index (κ1) is 19.7. The number of benzene rings is 3. The molecule has 5 heteroatoms. The van der Waals surface area contributed by atoms with E-state index >= 15 is 0 Å². The summed E-state index contributed by atoms with van der Waals surface area (Å²) in [5.41, 5.74) is 3.68. The minimum absolute atomic E-state index is 0.222. The van der Waals surface area contributed by atoms with Crippen LogP contribution < -0.4 is 4.90 Å². The van der Waals surface area contributed by atoms with Gasteiger partial charge in [0.25, 0.3) is 5.91 Å². The molecule has 0 N–H and O–H groups in total. The second-order valence-electron chi connectivity index (χ2n) is 6.70. The highest BCUT2D eigenvalue weighted by Crippen LogP contribution is 2.37. The van der Waals surface area contributed by atoms with Gasteiger partial charge in [-0.2, -0.15) is 0 Å². The first-order valence-corrected chi connectivity index (χ1v) is 9.72. The van der Waals surface area contributed by atoms with Crippen LogP contribution in [0.25, 0.3) is 11.8 Å². The van der Waals surface area contributed by atoms with Gasteiger partial charge in [0, 0.05) is 10.6 Å². The van der Waals surface area contributed by atoms with E-state index in [1.165, 1.54) is 7.11 Å². The first-order valence-electron chi connectivity index (χ1n) is 9.34. The van der Waals surface area contributed by atoms with Crippen molar-refractivity contribution in [3.63, 3.8) is 0 Å². The Kier molecular flexibility index (Phi) is 5.50. The van der Waals surface area contributed by atoms with Crippen molar-refractivity contribution in [2.45, 2.75) is 0 Å². The quantitative estimate of drug-likeness (QED) is 0.411. The van der Waals surface area contributed by atoms with Crippen molar-refractivity contribution in [3.8, 4) is 0 Å². The number of anilines is 1. The zero-order valence-corrected chi connectivity index (χ0v) is 17.0. The number of rotatable bonds is 4. The summed E-state index contributed by atoms with van der Waals surface area (Å²) in [6.45, 7) is 0. The van der Waals surface area contributed by atoms with E-state index in [1.54, 1.807) is 41.3 Å². The topological polar surface area (TPSA) is 46.6 Å². The van der Waals surface area contributed by atoms with Crippen LogP contribution in [0.15, 0.2) is 90.5 Å². The monoisotopic (exact) mass is 415 g/mol. The summed E-state index contributed by atoms with van der Waals surface area (Å²) in [4.78, 5) is 27.3. The fourth-order valence-electron chi connectivity index (χ4n) is 3.37. The maximum Gasteiger partial charge on any atom is 0.339 e. The van der Waals surface area contributed by atoms with Gasteiger partial charge in [0.1, 0.15) is 0 Å². The number of esters is 1. The van der Waals surface area contributed by atoms with Crippen molar-refractivity contribution < 1.29 is 14.3 Å². The van der Waals surface area contributed by atoms with E-state index in [1.807, 2.05) is 54.6 Å². The number of nitrogens with zero attached hydrogens (tertiary/aromatic N) is 1. The predicted molar refractivity (Wildman–Crippen MR) is 119 cm³/mol. The molecule has 0 radical (unpaired) electrons. The fourth-order valence-corrected chi connectivity index (χ4v) is 3.49. The Morgan fingerprint density at radius 3 is 2.30 bits per heavy atom. The molecule has 148 valence electrons. The van der Waals surface area contributed by atoms with Crippen LogP contribution in [0.2, 0.25) is 5.02 Å². The summed E-state index contributed by atoms with van der Waals surface area (Å²) in [6, 6.07) is 23.8. The number of carbonyl (C=O) groups excluding carboxylic acids is 2. The molecule has 4 rings (SSSR count). The molecular formula is C25H18ClNO3. The number of halogens is 1. The molecule has 0 aromatic heterocycles. The molecule has 1 aliphatic rings. The number of hydrogen-bond acceptors (Lipinski definition) is 3. The molecule has 3 aromatic carbocycles. The minimum Gasteiger partial charge on any atom is -0.465 e. The standard InChI is InChI=1S/C25H18ClNO3/c1-30-25(29)21-9-5-6-10-22(21)27-23(18-11-13-20(26)14-12-18)16-19(24(27)28)15-17-7-3-2-4-8-17/h2-16H,1H3/b19-15+. The van der Waals surface area contributed by atoms with E-state index in [9.17, 15) is 9.59 Å². The van der Waals surface area contributed by atoms with Gasteiger partial charge in [-0.05, 0) is 47.5 Å². The van der Waals surface area contributed by atoms with E-state index in [0.29, 0.717) is 27.5 Å². The number of methoxy groups -OCH3 is 1. The Balaban J connectivity index is 1.87. The second-order valence-corrected chi connectivity index (χ2v) is 7.13. The normalized spacial score (nSPS) is 14.7. The Morgan fingerprint density at radius 1 is 0.933 bits per heavy atom. The molecule has 0 unspecified atom stereocenters. The third kappa shape index (κ3) is 3.78. The highest BCUT2D eigenvalue weighted by atomic mass is 35.5. The third-order valence-corrected chi connectivity index (χ3v) is 5.05. The highest BCUT2D eigenvalue weighted by Gasteiger charge is 2.33. The number of para-hydroxylation sites is 1. The van der Waals surface area contributed by atoms with Crippen molar-refractivity contribution in [2.24, 2.45) is 0 Å². The van der Waals surface area contributed by atoms with E-state index in [4.69, 9.17) is 16.3 Å². The average Bonchev–Trinajstić information content (AvgIpc) is 3.10. The fraction of sp³-hybridized carbons (Fsp3) is 0.0400. The first-order chi connectivity index (χ1) is 14.6. The van der Waals surface area contributed by atoms with Crippen LogP contribution in [0.4, 0.5) is 5.69 Å². The molecule has 0 saturated carbocycles. The molecule has 1 amide bonds. The van der Waals surface area contributed by atoms with Crippen LogP contribution in [0, 0.1) is 0 Å². The van der Waals surface area contributed by atoms with Crippen molar-refractivity contribution in [1.82, 2.24) is 0 Å². The zero-order chi connectivity index (χ0) is 21.1. The van der Waals surface area contributed by atoms with Crippen LogP contribution in [-0.4, -0.2) is 19.0 Å². The lowest BCUT2D eigenvalue weighted by molar-refractivity contribution is -0.113. The molecule has 0 fully saturated rings. The summed E-state index contributed by atoms with van der Waals surface area (Å²) in [6.07, 6.45) is 3.66. The van der Waals surface area contributed by atoms with Gasteiger partial charge in [-0.1, -0.05) is 66.2 Å². The van der Waals surface area contributed by atoms with Crippen LogP contribution >= 0.6 is 11.6 Å². The maximum atomic E-state index is 13.5. The van der Waals surface area contributed by atoms with Gasteiger partial charge in [-0.3, -0.25) is 9.69 Å². The van der Waals surface area contributed by atoms with Gasteiger partial charge >= 0.3 is 5.97 Å². The van der Waals surface area contributed by atoms with Crippen LogP contribution in [0.5, 0.6) is 0 Å². The van der Waals surface area contributed by atoms with Gasteiger partial charge in [-0.25, -0.2) is 4.79 Å². The largest absolute Gasteiger partial charge is 0.465 e. The molecule has 4 nitrogen and oxygen atoms in total. The number of hydrogen-bond donors (Lipinski definition) is 0. The Bertz CT molecular complexity index is 1160. The maximum absolute atomic E-state index is 13.5. The summed E-state index contributed by atoms with van der Waals surface area (Å²) < 4.78 is 4.92. The summed E-state index contributed by atoms with van der Waals surface area (Å²) in [7, 11) is 1.32. The lowest BCUT2D eigenvalue weighted by Crippen LogP contribution is -2.27. The van der Waals surface area contributed by atoms with Gasteiger partial charge < -0.3 is 4.74 Å². The number of amides is 1. The number of ether oxygens (including phenoxy) is 1. The molecule has 0 atom stereocenters. The average molecular weight is 416 g/mol. The van der Waals surface area contributed by atoms with Crippen LogP contribution in [0.1, 0.15) is 21.5 Å². The van der Waals surface area contributed by atoms with Gasteiger partial charge in [0.05, 0.1) is 24.1 Å². The Morgan fingerprint density at radius 2 is 1.60 bits per heavy atom. The van der Waals surface area contributed by atoms with E-state index in [-0.39, 0.29) is 5.91 Å². The third-order valence-electron chi connectivity index (χ3n) is 4.80. The van der Waals surface area contributed by atoms with Gasteiger partial charge in [0.15, 0.2) is 0 Å². The molecule has 3 aromatic rings. The molecule has 30 heavy (non-hydrogen) atoms. The van der Waals surface area contributed by atoms with Crippen LogP contribution in [-0.2, 0) is 9.53 Å². The Hall–Kier alpha value is -3.63. The highest BCUT2D eigenvalue weighted by molar-refractivity contribution is 6.30. The Labute approximate surface area is 179 Å². The smallest absolute Gasteiger partial charge is 0.339 e. The van der Waals surface area contributed by atoms with E-state index in [2.05, 4.69) is 0 Å². The molecule has 0 aliphatic carbocycles. The lowest BCUT2D eigenvalue weighted by atomic mass is 10.1. The predicted octanol–water partition coefficient (Wildman–Crippen LogP) is 5.60. The SMILES string of the molecule is COC(=O)c1ccccc1N1C(=O)/C(=C/c2ccccc2)C=C1c1ccc(Cl)cc1. The molecular weight excluding hydrogens is 398 g/mol. The lowest BCUT2D eigenvalue weighted by Gasteiger charge is -2.23. The molecule has 1 aliphatic heterocycles. The zero-order valence-electron chi connectivity index (χ0n) is 16.2. The molecule has 1 heterocycles. The van der Waals surface area contributed by atoms with E-state index in [0.717, 1.165) is 11.1 Å². The minimum atomic E-state index is -0.505. The summed E-state index contributed by atoms with van der Waals surface area (Å²) >= 11 is 6.05. The van der Waals surface area contributed by atoms with Crippen molar-refractivity contribution in [2.75, 3.05) is 12.0 Å². The van der Waals surface area contributed by atoms with E-state index < -0.39 is 5.97 Å². The van der Waals surface area contributed by atoms with Crippen molar-refractivity contribution in [1.29, 1.82) is 0 Å². The van der Waals surface area contributed by atoms with Crippen molar-refractivity contribution in [3.05, 3.63) is 112 Å². The second kappa shape index (κ2) is 8.39. The van der Waals surface area contributed by atoms with Gasteiger partial charge in [0.2, 0.25) is 0 Å². The van der Waals surface area contributed by atoms with Crippen molar-refractivity contribution >= 4 is 40.9 Å². The van der Waals surface area contributed by atoms with Crippen LogP contribution in [0.3, 0.4) is 0 Å². The summed E-state index contributed by atoms with van der Waals surface area (Å²) in [5, 5.41) is 0.602. The number of carbonyl (C=O) groups is 2. The summed E-state index contributed by atoms with van der Waals surface area (Å²) in [5.74, 6) is -0.727. The molecule has 0 saturated heterocycles.